The predicted octanol–water partition coefficient (Wildman–Crippen LogP) is 6.67. The number of hydrogen-bond acceptors (Lipinski definition) is 3. The van der Waals surface area contributed by atoms with Crippen LogP contribution >= 0.6 is 23.2 Å². The number of ether oxygens (including phenoxy) is 1. The third-order valence-electron chi connectivity index (χ3n) is 5.65. The van der Waals surface area contributed by atoms with Crippen LogP contribution in [0.4, 0.5) is 0 Å². The third-order valence-corrected chi connectivity index (χ3v) is 6.22. The van der Waals surface area contributed by atoms with Gasteiger partial charge in [-0.25, -0.2) is 0 Å². The van der Waals surface area contributed by atoms with E-state index in [2.05, 4.69) is 11.0 Å². The van der Waals surface area contributed by atoms with Crippen LogP contribution in [0.1, 0.15) is 30.0 Å². The van der Waals surface area contributed by atoms with Gasteiger partial charge in [0.2, 0.25) is 0 Å². The second-order valence-electron chi connectivity index (χ2n) is 7.70. The third kappa shape index (κ3) is 5.21. The van der Waals surface area contributed by atoms with Crippen LogP contribution in [0.15, 0.2) is 72.8 Å². The van der Waals surface area contributed by atoms with E-state index in [0.29, 0.717) is 36.0 Å². The minimum atomic E-state index is -0.723. The van der Waals surface area contributed by atoms with Crippen LogP contribution in [-0.4, -0.2) is 29.1 Å². The SMILES string of the molecule is O=C(O)C1CCN(C(c2cccc(Oc3ccccc3)c2)c2ccc(Cl)cc2Cl)CC1. The number of piperidine rings is 1. The minimum Gasteiger partial charge on any atom is -0.481 e. The molecule has 1 saturated heterocycles. The number of likely N-dealkylation sites (tertiary alicyclic amines) is 1. The lowest BCUT2D eigenvalue weighted by Crippen LogP contribution is -2.39. The summed E-state index contributed by atoms with van der Waals surface area (Å²) in [6.07, 6.45) is 1.22. The van der Waals surface area contributed by atoms with Crippen molar-refractivity contribution < 1.29 is 14.6 Å². The molecule has 0 bridgehead atoms. The maximum Gasteiger partial charge on any atom is 0.306 e. The van der Waals surface area contributed by atoms with Crippen molar-refractivity contribution in [2.24, 2.45) is 5.92 Å². The summed E-state index contributed by atoms with van der Waals surface area (Å²) in [6.45, 7) is 1.34. The first-order chi connectivity index (χ1) is 15.0. The Balaban J connectivity index is 1.67. The fourth-order valence-electron chi connectivity index (χ4n) is 4.09. The summed E-state index contributed by atoms with van der Waals surface area (Å²) in [4.78, 5) is 13.7. The van der Waals surface area contributed by atoms with Crippen molar-refractivity contribution in [3.8, 4) is 11.5 Å². The summed E-state index contributed by atoms with van der Waals surface area (Å²) in [5.74, 6) is 0.478. The van der Waals surface area contributed by atoms with Crippen LogP contribution in [0.25, 0.3) is 0 Å². The molecule has 0 spiro atoms. The molecular weight excluding hydrogens is 433 g/mol. The molecule has 1 aliphatic rings. The molecule has 0 aliphatic carbocycles. The van der Waals surface area contributed by atoms with E-state index in [1.165, 1.54) is 0 Å². The second kappa shape index (κ2) is 9.73. The van der Waals surface area contributed by atoms with Crippen LogP contribution in [0.3, 0.4) is 0 Å². The summed E-state index contributed by atoms with van der Waals surface area (Å²) >= 11 is 12.7. The predicted molar refractivity (Wildman–Crippen MR) is 123 cm³/mol. The molecule has 1 unspecified atom stereocenters. The van der Waals surface area contributed by atoms with Crippen molar-refractivity contribution in [3.63, 3.8) is 0 Å². The Morgan fingerprint density at radius 3 is 2.32 bits per heavy atom. The monoisotopic (exact) mass is 455 g/mol. The second-order valence-corrected chi connectivity index (χ2v) is 8.55. The number of para-hydroxylation sites is 1. The first kappa shape index (κ1) is 21.7. The topological polar surface area (TPSA) is 49.8 Å². The summed E-state index contributed by atoms with van der Waals surface area (Å²) in [7, 11) is 0. The average Bonchev–Trinajstić information content (AvgIpc) is 2.77. The highest BCUT2D eigenvalue weighted by atomic mass is 35.5. The van der Waals surface area contributed by atoms with Crippen molar-refractivity contribution in [3.05, 3.63) is 94.0 Å². The van der Waals surface area contributed by atoms with Gasteiger partial charge >= 0.3 is 5.97 Å². The normalized spacial score (nSPS) is 16.1. The summed E-state index contributed by atoms with van der Waals surface area (Å²) in [5, 5.41) is 10.5. The number of carboxylic acids is 1. The van der Waals surface area contributed by atoms with Gasteiger partial charge in [-0.3, -0.25) is 9.69 Å². The van der Waals surface area contributed by atoms with Gasteiger partial charge in [-0.2, -0.15) is 0 Å². The van der Waals surface area contributed by atoms with Crippen LogP contribution < -0.4 is 4.74 Å². The first-order valence-corrected chi connectivity index (χ1v) is 11.0. The molecule has 1 aliphatic heterocycles. The highest BCUT2D eigenvalue weighted by Crippen LogP contribution is 2.38. The molecule has 3 aromatic carbocycles. The average molecular weight is 456 g/mol. The van der Waals surface area contributed by atoms with E-state index >= 15 is 0 Å². The number of halogens is 2. The van der Waals surface area contributed by atoms with Gasteiger partial charge in [0.15, 0.2) is 0 Å². The lowest BCUT2D eigenvalue weighted by molar-refractivity contribution is -0.143. The zero-order valence-corrected chi connectivity index (χ0v) is 18.4. The van der Waals surface area contributed by atoms with Gasteiger partial charge in [0, 0.05) is 10.0 Å². The quantitative estimate of drug-likeness (QED) is 0.450. The Morgan fingerprint density at radius 2 is 1.65 bits per heavy atom. The van der Waals surface area contributed by atoms with Gasteiger partial charge in [-0.15, -0.1) is 0 Å². The van der Waals surface area contributed by atoms with E-state index in [4.69, 9.17) is 27.9 Å². The molecule has 0 amide bonds. The molecule has 31 heavy (non-hydrogen) atoms. The van der Waals surface area contributed by atoms with Crippen LogP contribution in [-0.2, 0) is 4.79 Å². The summed E-state index contributed by atoms with van der Waals surface area (Å²) in [5.41, 5.74) is 1.98. The van der Waals surface area contributed by atoms with Gasteiger partial charge in [-0.05, 0) is 73.5 Å². The van der Waals surface area contributed by atoms with Gasteiger partial charge < -0.3 is 9.84 Å². The molecule has 160 valence electrons. The molecule has 4 nitrogen and oxygen atoms in total. The summed E-state index contributed by atoms with van der Waals surface area (Å²) in [6, 6.07) is 23.0. The van der Waals surface area contributed by atoms with Crippen LogP contribution in [0, 0.1) is 5.92 Å². The van der Waals surface area contributed by atoms with Crippen molar-refractivity contribution >= 4 is 29.2 Å². The Labute approximate surface area is 192 Å². The van der Waals surface area contributed by atoms with E-state index in [1.54, 1.807) is 6.07 Å². The fraction of sp³-hybridized carbons (Fsp3) is 0.240. The largest absolute Gasteiger partial charge is 0.481 e. The molecule has 3 aromatic rings. The number of carbonyl (C=O) groups is 1. The molecular formula is C25H23Cl2NO3. The number of nitrogens with zero attached hydrogens (tertiary/aromatic N) is 1. The molecule has 0 saturated carbocycles. The Bertz CT molecular complexity index is 1050. The molecule has 1 heterocycles. The first-order valence-electron chi connectivity index (χ1n) is 10.3. The zero-order chi connectivity index (χ0) is 21.8. The maximum atomic E-state index is 11.4. The lowest BCUT2D eigenvalue weighted by Gasteiger charge is -2.37. The van der Waals surface area contributed by atoms with E-state index in [9.17, 15) is 9.90 Å². The van der Waals surface area contributed by atoms with Crippen LogP contribution in [0.2, 0.25) is 10.0 Å². The Hall–Kier alpha value is -2.53. The highest BCUT2D eigenvalue weighted by Gasteiger charge is 2.31. The lowest BCUT2D eigenvalue weighted by atomic mass is 9.91. The molecule has 1 fully saturated rings. The van der Waals surface area contributed by atoms with E-state index in [1.807, 2.05) is 60.7 Å². The molecule has 6 heteroatoms. The number of benzene rings is 3. The van der Waals surface area contributed by atoms with E-state index < -0.39 is 5.97 Å². The standard InChI is InChI=1S/C25H23Cl2NO3/c26-19-9-10-22(23(27)16-19)24(28-13-11-17(12-14-28)25(29)30)18-5-4-8-21(15-18)31-20-6-2-1-3-7-20/h1-10,15-17,24H,11-14H2,(H,29,30). The van der Waals surface area contributed by atoms with Gasteiger partial charge in [-0.1, -0.05) is 59.6 Å². The Morgan fingerprint density at radius 1 is 0.935 bits per heavy atom. The molecule has 4 rings (SSSR count). The van der Waals surface area contributed by atoms with Gasteiger partial charge in [0.1, 0.15) is 11.5 Å². The number of rotatable bonds is 6. The molecule has 0 radical (unpaired) electrons. The van der Waals surface area contributed by atoms with Crippen LogP contribution in [0.5, 0.6) is 11.5 Å². The van der Waals surface area contributed by atoms with Gasteiger partial charge in [0.25, 0.3) is 0 Å². The highest BCUT2D eigenvalue weighted by molar-refractivity contribution is 6.35. The zero-order valence-electron chi connectivity index (χ0n) is 16.9. The van der Waals surface area contributed by atoms with E-state index in [0.717, 1.165) is 22.6 Å². The van der Waals surface area contributed by atoms with E-state index in [-0.39, 0.29) is 12.0 Å². The van der Waals surface area contributed by atoms with Gasteiger partial charge in [0.05, 0.1) is 12.0 Å². The molecule has 1 atom stereocenters. The molecule has 0 aromatic heterocycles. The van der Waals surface area contributed by atoms with Crippen molar-refractivity contribution in [1.82, 2.24) is 4.90 Å². The smallest absolute Gasteiger partial charge is 0.306 e. The maximum absolute atomic E-state index is 11.4. The molecule has 1 N–H and O–H groups in total. The minimum absolute atomic E-state index is 0.126. The number of aliphatic carboxylic acids is 1. The van der Waals surface area contributed by atoms with Crippen molar-refractivity contribution in [2.45, 2.75) is 18.9 Å². The van der Waals surface area contributed by atoms with Crippen molar-refractivity contribution in [1.29, 1.82) is 0 Å². The fourth-order valence-corrected chi connectivity index (χ4v) is 4.60. The number of carboxylic acid groups (broad SMARTS) is 1. The number of hydrogen-bond donors (Lipinski definition) is 1. The summed E-state index contributed by atoms with van der Waals surface area (Å²) < 4.78 is 6.04. The Kier molecular flexibility index (Phi) is 6.81. The van der Waals surface area contributed by atoms with Crippen molar-refractivity contribution in [2.75, 3.05) is 13.1 Å².